The number of rotatable bonds is 4. The number of hydrogen-bond donors (Lipinski definition) is 2. The first-order chi connectivity index (χ1) is 15.0. The summed E-state index contributed by atoms with van der Waals surface area (Å²) in [6.07, 6.45) is 0. The van der Waals surface area contributed by atoms with Crippen molar-refractivity contribution in [3.8, 4) is 0 Å². The van der Waals surface area contributed by atoms with Crippen molar-refractivity contribution >= 4 is 44.3 Å². The average Bonchev–Trinajstić information content (AvgIpc) is 2.73. The van der Waals surface area contributed by atoms with E-state index in [1.54, 1.807) is 0 Å². The molecule has 0 atom stereocenters. The highest BCUT2D eigenvalue weighted by Gasteiger charge is 2.06. The first kappa shape index (κ1) is 19.2. The molecule has 0 saturated carbocycles. The lowest BCUT2D eigenvalue weighted by atomic mass is 10.1. The molecule has 0 saturated heterocycles. The molecule has 0 radical (unpaired) electrons. The minimum Gasteiger partial charge on any atom is -0.355 e. The van der Waals surface area contributed by atoms with Crippen LogP contribution in [0.5, 0.6) is 0 Å². The van der Waals surface area contributed by atoms with Crippen molar-refractivity contribution in [2.24, 2.45) is 0 Å². The molecule has 0 aliphatic rings. The Morgan fingerprint density at radius 1 is 0.452 bits per heavy atom. The second kappa shape index (κ2) is 7.81. The van der Waals surface area contributed by atoms with Crippen LogP contribution in [-0.4, -0.2) is 0 Å². The smallest absolute Gasteiger partial charge is 0.0463 e. The van der Waals surface area contributed by atoms with Crippen molar-refractivity contribution < 1.29 is 0 Å². The van der Waals surface area contributed by atoms with Crippen LogP contribution in [-0.2, 0) is 0 Å². The molecule has 5 aromatic rings. The Kier molecular flexibility index (Phi) is 4.83. The quantitative estimate of drug-likeness (QED) is 0.315. The Morgan fingerprint density at radius 2 is 0.935 bits per heavy atom. The van der Waals surface area contributed by atoms with E-state index in [-0.39, 0.29) is 0 Å². The van der Waals surface area contributed by atoms with E-state index < -0.39 is 0 Å². The van der Waals surface area contributed by atoms with Crippen LogP contribution in [0.1, 0.15) is 16.7 Å². The summed E-state index contributed by atoms with van der Waals surface area (Å²) in [4.78, 5) is 0. The molecule has 2 nitrogen and oxygen atoms in total. The summed E-state index contributed by atoms with van der Waals surface area (Å²) >= 11 is 0. The van der Waals surface area contributed by atoms with Gasteiger partial charge in [-0.15, -0.1) is 0 Å². The van der Waals surface area contributed by atoms with Crippen LogP contribution in [0.15, 0.2) is 91.0 Å². The summed E-state index contributed by atoms with van der Waals surface area (Å²) in [5, 5.41) is 12.2. The molecule has 0 aromatic heterocycles. The van der Waals surface area contributed by atoms with Gasteiger partial charge >= 0.3 is 0 Å². The van der Waals surface area contributed by atoms with E-state index in [4.69, 9.17) is 0 Å². The van der Waals surface area contributed by atoms with Crippen LogP contribution in [0.2, 0.25) is 0 Å². The van der Waals surface area contributed by atoms with Crippen LogP contribution in [0.4, 0.5) is 22.7 Å². The molecule has 2 N–H and O–H groups in total. The standard InChI is InChI=1S/C29H26N2/c1-19-10-12-26-22(14-19)6-4-8-28(26)30-24-16-21(3)17-25(18-24)31-29-9-5-7-23-15-20(2)11-13-27(23)29/h4-18,30-31H,1-3H3. The summed E-state index contributed by atoms with van der Waals surface area (Å²) in [5.41, 5.74) is 8.15. The lowest BCUT2D eigenvalue weighted by Gasteiger charge is -2.15. The third-order valence-corrected chi connectivity index (χ3v) is 5.71. The molecule has 31 heavy (non-hydrogen) atoms. The van der Waals surface area contributed by atoms with Gasteiger partial charge in [0.25, 0.3) is 0 Å². The molecule has 0 unspecified atom stereocenters. The fourth-order valence-corrected chi connectivity index (χ4v) is 4.26. The molecule has 0 aliphatic carbocycles. The second-order valence-electron chi connectivity index (χ2n) is 8.40. The zero-order chi connectivity index (χ0) is 21.4. The highest BCUT2D eigenvalue weighted by molar-refractivity contribution is 5.97. The monoisotopic (exact) mass is 402 g/mol. The van der Waals surface area contributed by atoms with Gasteiger partial charge in [0.05, 0.1) is 0 Å². The SMILES string of the molecule is Cc1cc(Nc2cccc3cc(C)ccc23)cc(Nc2cccc3cc(C)ccc23)c1. The van der Waals surface area contributed by atoms with Gasteiger partial charge in [-0.1, -0.05) is 71.8 Å². The van der Waals surface area contributed by atoms with Gasteiger partial charge in [-0.3, -0.25) is 0 Å². The molecular weight excluding hydrogens is 376 g/mol. The Morgan fingerprint density at radius 3 is 1.42 bits per heavy atom. The van der Waals surface area contributed by atoms with Crippen molar-refractivity contribution in [2.75, 3.05) is 10.6 Å². The minimum atomic E-state index is 1.08. The number of fused-ring (bicyclic) bond motifs is 2. The Balaban J connectivity index is 1.50. The van der Waals surface area contributed by atoms with Crippen LogP contribution < -0.4 is 10.6 Å². The highest BCUT2D eigenvalue weighted by Crippen LogP contribution is 2.31. The van der Waals surface area contributed by atoms with E-state index in [9.17, 15) is 0 Å². The molecule has 152 valence electrons. The van der Waals surface area contributed by atoms with Crippen LogP contribution in [0.25, 0.3) is 21.5 Å². The number of benzene rings is 5. The van der Waals surface area contributed by atoms with Crippen molar-refractivity contribution in [1.29, 1.82) is 0 Å². The van der Waals surface area contributed by atoms with E-state index in [1.807, 2.05) is 0 Å². The molecule has 0 fully saturated rings. The molecule has 2 heteroatoms. The predicted molar refractivity (Wildman–Crippen MR) is 135 cm³/mol. The largest absolute Gasteiger partial charge is 0.355 e. The lowest BCUT2D eigenvalue weighted by molar-refractivity contribution is 1.43. The maximum Gasteiger partial charge on any atom is 0.0463 e. The Bertz CT molecular complexity index is 1310. The first-order valence-electron chi connectivity index (χ1n) is 10.7. The van der Waals surface area contributed by atoms with Gasteiger partial charge in [0.2, 0.25) is 0 Å². The van der Waals surface area contributed by atoms with Crippen LogP contribution in [0.3, 0.4) is 0 Å². The average molecular weight is 403 g/mol. The predicted octanol–water partition coefficient (Wildman–Crippen LogP) is 8.41. The molecule has 0 bridgehead atoms. The summed E-state index contributed by atoms with van der Waals surface area (Å²) < 4.78 is 0. The number of anilines is 4. The summed E-state index contributed by atoms with van der Waals surface area (Å²) in [6.45, 7) is 6.40. The lowest BCUT2D eigenvalue weighted by Crippen LogP contribution is -1.96. The van der Waals surface area contributed by atoms with E-state index in [0.29, 0.717) is 0 Å². The third kappa shape index (κ3) is 3.97. The van der Waals surface area contributed by atoms with Crippen LogP contribution in [0, 0.1) is 20.8 Å². The summed E-state index contributed by atoms with van der Waals surface area (Å²) in [5.74, 6) is 0. The molecular formula is C29H26N2. The van der Waals surface area contributed by atoms with E-state index >= 15 is 0 Å². The third-order valence-electron chi connectivity index (χ3n) is 5.71. The summed E-state index contributed by atoms with van der Waals surface area (Å²) in [6, 6.07) is 32.5. The van der Waals surface area contributed by atoms with Gasteiger partial charge in [0.15, 0.2) is 0 Å². The summed E-state index contributed by atoms with van der Waals surface area (Å²) in [7, 11) is 0. The van der Waals surface area contributed by atoms with Crippen molar-refractivity contribution in [2.45, 2.75) is 20.8 Å². The maximum atomic E-state index is 3.64. The van der Waals surface area contributed by atoms with Crippen LogP contribution >= 0.6 is 0 Å². The first-order valence-corrected chi connectivity index (χ1v) is 10.7. The van der Waals surface area contributed by atoms with Gasteiger partial charge in [-0.2, -0.15) is 0 Å². The van der Waals surface area contributed by atoms with Gasteiger partial charge in [0.1, 0.15) is 0 Å². The maximum absolute atomic E-state index is 3.64. The number of hydrogen-bond acceptors (Lipinski definition) is 2. The van der Waals surface area contributed by atoms with Gasteiger partial charge in [-0.05, 0) is 67.4 Å². The van der Waals surface area contributed by atoms with Crippen molar-refractivity contribution in [3.63, 3.8) is 0 Å². The molecule has 0 aliphatic heterocycles. The Hall–Kier alpha value is -3.78. The fraction of sp³-hybridized carbons (Fsp3) is 0.103. The van der Waals surface area contributed by atoms with Gasteiger partial charge in [0, 0.05) is 33.5 Å². The molecule has 5 aromatic carbocycles. The molecule has 0 heterocycles. The molecule has 0 amide bonds. The normalized spacial score (nSPS) is 11.1. The van der Waals surface area contributed by atoms with E-state index in [0.717, 1.165) is 22.7 Å². The zero-order valence-electron chi connectivity index (χ0n) is 18.2. The fourth-order valence-electron chi connectivity index (χ4n) is 4.26. The second-order valence-corrected chi connectivity index (χ2v) is 8.40. The molecule has 0 spiro atoms. The zero-order valence-corrected chi connectivity index (χ0v) is 18.2. The van der Waals surface area contributed by atoms with E-state index in [2.05, 4.69) is 122 Å². The van der Waals surface area contributed by atoms with Crippen molar-refractivity contribution in [1.82, 2.24) is 0 Å². The number of nitrogens with one attached hydrogen (secondary N) is 2. The minimum absolute atomic E-state index is 1.08. The van der Waals surface area contributed by atoms with E-state index in [1.165, 1.54) is 38.2 Å². The highest BCUT2D eigenvalue weighted by atomic mass is 14.9. The van der Waals surface area contributed by atoms with Crippen molar-refractivity contribution in [3.05, 3.63) is 108 Å². The topological polar surface area (TPSA) is 24.1 Å². The van der Waals surface area contributed by atoms with Gasteiger partial charge in [-0.25, -0.2) is 0 Å². The molecule has 5 rings (SSSR count). The Labute approximate surface area is 183 Å². The van der Waals surface area contributed by atoms with Gasteiger partial charge < -0.3 is 10.6 Å². The number of aryl methyl sites for hydroxylation is 3.